The summed E-state index contributed by atoms with van der Waals surface area (Å²) >= 11 is 6.88. The molecule has 0 radical (unpaired) electrons. The second-order valence-electron chi connectivity index (χ2n) is 4.22. The van der Waals surface area contributed by atoms with Crippen LogP contribution < -0.4 is 0 Å². The van der Waals surface area contributed by atoms with Gasteiger partial charge in [-0.3, -0.25) is 4.79 Å². The fourth-order valence-electron chi connectivity index (χ4n) is 1.65. The first-order valence-electron chi connectivity index (χ1n) is 5.61. The van der Waals surface area contributed by atoms with E-state index < -0.39 is 0 Å². The van der Waals surface area contributed by atoms with Crippen molar-refractivity contribution in [3.63, 3.8) is 0 Å². The Morgan fingerprint density at radius 1 is 1.41 bits per heavy atom. The van der Waals surface area contributed by atoms with Crippen molar-refractivity contribution in [1.82, 2.24) is 4.90 Å². The van der Waals surface area contributed by atoms with Gasteiger partial charge in [0.05, 0.1) is 5.56 Å². The number of hydrogen-bond donors (Lipinski definition) is 0. The predicted octanol–water partition coefficient (Wildman–Crippen LogP) is 4.00. The molecular weight excluding hydrogens is 346 g/mol. The number of nitrogens with zero attached hydrogens (tertiary/aromatic N) is 1. The fourth-order valence-corrected chi connectivity index (χ4v) is 2.47. The Morgan fingerprint density at radius 3 is 2.59 bits per heavy atom. The maximum Gasteiger partial charge on any atom is 0.255 e. The van der Waals surface area contributed by atoms with Crippen molar-refractivity contribution in [3.05, 3.63) is 33.8 Å². The number of benzene rings is 1. The molecule has 0 saturated heterocycles. The predicted molar refractivity (Wildman–Crippen MR) is 78.8 cm³/mol. The first kappa shape index (κ1) is 14.7. The van der Waals surface area contributed by atoms with Crippen LogP contribution in [0.5, 0.6) is 0 Å². The van der Waals surface area contributed by atoms with Gasteiger partial charge >= 0.3 is 0 Å². The lowest BCUT2D eigenvalue weighted by atomic mass is 10.1. The smallest absolute Gasteiger partial charge is 0.255 e. The highest BCUT2D eigenvalue weighted by Crippen LogP contribution is 2.23. The van der Waals surface area contributed by atoms with Crippen LogP contribution in [0, 0.1) is 6.92 Å². The Balaban J connectivity index is 3.05. The van der Waals surface area contributed by atoms with Gasteiger partial charge in [-0.25, -0.2) is 0 Å². The first-order valence-corrected chi connectivity index (χ1v) is 7.52. The van der Waals surface area contributed by atoms with Crippen LogP contribution in [-0.4, -0.2) is 28.7 Å². The molecule has 2 nitrogen and oxygen atoms in total. The molecular formula is C13H17Br2NO. The number of hydrogen-bond acceptors (Lipinski definition) is 1. The van der Waals surface area contributed by atoms with Crippen molar-refractivity contribution in [3.8, 4) is 0 Å². The normalized spacial score (nSPS) is 10.7. The summed E-state index contributed by atoms with van der Waals surface area (Å²) < 4.78 is 0.894. The van der Waals surface area contributed by atoms with Gasteiger partial charge in [-0.15, -0.1) is 0 Å². The first-order chi connectivity index (χ1) is 7.99. The third-order valence-corrected chi connectivity index (χ3v) is 4.04. The Labute approximate surface area is 120 Å². The lowest BCUT2D eigenvalue weighted by Crippen LogP contribution is -2.38. The van der Waals surface area contributed by atoms with Crippen molar-refractivity contribution in [2.24, 2.45) is 0 Å². The van der Waals surface area contributed by atoms with Gasteiger partial charge in [-0.2, -0.15) is 0 Å². The Bertz CT molecular complexity index is 404. The molecule has 4 heteroatoms. The number of halogens is 2. The molecule has 1 amide bonds. The highest BCUT2D eigenvalue weighted by atomic mass is 79.9. The van der Waals surface area contributed by atoms with E-state index in [-0.39, 0.29) is 11.9 Å². The van der Waals surface area contributed by atoms with Crippen molar-refractivity contribution in [1.29, 1.82) is 0 Å². The molecule has 0 unspecified atom stereocenters. The minimum Gasteiger partial charge on any atom is -0.335 e. The topological polar surface area (TPSA) is 20.3 Å². The third-order valence-electron chi connectivity index (χ3n) is 2.63. The number of carbonyl (C=O) groups excluding carboxylic acids is 1. The van der Waals surface area contributed by atoms with Crippen molar-refractivity contribution >= 4 is 37.8 Å². The molecule has 0 aliphatic carbocycles. The fraction of sp³-hybridized carbons (Fsp3) is 0.462. The van der Waals surface area contributed by atoms with Gasteiger partial charge in [0, 0.05) is 22.4 Å². The molecule has 0 bridgehead atoms. The standard InChI is InChI=1S/C13H17Br2NO/c1-9(2)16(8-7-14)13(17)11-6-4-5-10(3)12(11)15/h4-6,9H,7-8H2,1-3H3. The quantitative estimate of drug-likeness (QED) is 0.741. The van der Waals surface area contributed by atoms with E-state index in [1.54, 1.807) is 0 Å². The Kier molecular flexibility index (Phi) is 5.67. The van der Waals surface area contributed by atoms with Gasteiger partial charge in [-0.1, -0.05) is 28.1 Å². The monoisotopic (exact) mass is 361 g/mol. The van der Waals surface area contributed by atoms with Crippen LogP contribution in [0.1, 0.15) is 29.8 Å². The largest absolute Gasteiger partial charge is 0.335 e. The van der Waals surface area contributed by atoms with Crippen LogP contribution in [0.4, 0.5) is 0 Å². The summed E-state index contributed by atoms with van der Waals surface area (Å²) in [6, 6.07) is 5.97. The van der Waals surface area contributed by atoms with Gasteiger partial charge in [-0.05, 0) is 48.3 Å². The maximum absolute atomic E-state index is 12.4. The average molecular weight is 363 g/mol. The molecule has 94 valence electrons. The molecule has 1 rings (SSSR count). The van der Waals surface area contributed by atoms with Crippen LogP contribution >= 0.6 is 31.9 Å². The van der Waals surface area contributed by atoms with E-state index >= 15 is 0 Å². The van der Waals surface area contributed by atoms with Crippen molar-refractivity contribution < 1.29 is 4.79 Å². The summed E-state index contributed by atoms with van der Waals surface area (Å²) in [5.74, 6) is 0.0787. The van der Waals surface area contributed by atoms with Gasteiger partial charge < -0.3 is 4.90 Å². The number of rotatable bonds is 4. The van der Waals surface area contributed by atoms with Gasteiger partial charge in [0.1, 0.15) is 0 Å². The molecule has 0 aliphatic heterocycles. The van der Waals surface area contributed by atoms with Crippen molar-refractivity contribution in [2.75, 3.05) is 11.9 Å². The van der Waals surface area contributed by atoms with Gasteiger partial charge in [0.15, 0.2) is 0 Å². The average Bonchev–Trinajstić information content (AvgIpc) is 2.28. The molecule has 0 saturated carbocycles. The van der Waals surface area contributed by atoms with Crippen LogP contribution in [-0.2, 0) is 0 Å². The molecule has 17 heavy (non-hydrogen) atoms. The van der Waals surface area contributed by atoms with E-state index in [1.807, 2.05) is 43.9 Å². The molecule has 1 aromatic carbocycles. The number of aryl methyl sites for hydroxylation is 1. The second kappa shape index (κ2) is 6.55. The zero-order chi connectivity index (χ0) is 13.0. The van der Waals surface area contributed by atoms with Crippen LogP contribution in [0.2, 0.25) is 0 Å². The van der Waals surface area contributed by atoms with Crippen LogP contribution in [0.25, 0.3) is 0 Å². The number of alkyl halides is 1. The molecule has 0 heterocycles. The van der Waals surface area contributed by atoms with E-state index in [9.17, 15) is 4.79 Å². The second-order valence-corrected chi connectivity index (χ2v) is 5.80. The highest BCUT2D eigenvalue weighted by molar-refractivity contribution is 9.10. The summed E-state index contributed by atoms with van der Waals surface area (Å²) in [5.41, 5.74) is 1.82. The lowest BCUT2D eigenvalue weighted by molar-refractivity contribution is 0.0718. The van der Waals surface area contributed by atoms with E-state index in [4.69, 9.17) is 0 Å². The maximum atomic E-state index is 12.4. The summed E-state index contributed by atoms with van der Waals surface area (Å²) in [6.07, 6.45) is 0. The van der Waals surface area contributed by atoms with Crippen molar-refractivity contribution in [2.45, 2.75) is 26.8 Å². The molecule has 0 spiro atoms. The molecule has 0 aromatic heterocycles. The molecule has 1 aromatic rings. The Morgan fingerprint density at radius 2 is 2.06 bits per heavy atom. The Hall–Kier alpha value is -0.350. The molecule has 0 atom stereocenters. The van der Waals surface area contributed by atoms with E-state index in [0.29, 0.717) is 0 Å². The van der Waals surface area contributed by atoms with E-state index in [1.165, 1.54) is 0 Å². The number of amides is 1. The van der Waals surface area contributed by atoms with E-state index in [0.717, 1.165) is 27.5 Å². The molecule has 0 N–H and O–H groups in total. The van der Waals surface area contributed by atoms with Gasteiger partial charge in [0.25, 0.3) is 5.91 Å². The lowest BCUT2D eigenvalue weighted by Gasteiger charge is -2.26. The third kappa shape index (κ3) is 3.55. The zero-order valence-corrected chi connectivity index (χ0v) is 13.5. The summed E-state index contributed by atoms with van der Waals surface area (Å²) in [7, 11) is 0. The highest BCUT2D eigenvalue weighted by Gasteiger charge is 2.20. The summed E-state index contributed by atoms with van der Waals surface area (Å²) in [6.45, 7) is 6.77. The van der Waals surface area contributed by atoms with Crippen LogP contribution in [0.3, 0.4) is 0 Å². The molecule has 0 fully saturated rings. The minimum absolute atomic E-state index is 0.0787. The summed E-state index contributed by atoms with van der Waals surface area (Å²) in [5, 5.41) is 0.792. The van der Waals surface area contributed by atoms with Gasteiger partial charge in [0.2, 0.25) is 0 Å². The number of carbonyl (C=O) groups is 1. The SMILES string of the molecule is Cc1cccc(C(=O)N(CCBr)C(C)C)c1Br. The minimum atomic E-state index is 0.0787. The van der Waals surface area contributed by atoms with Crippen LogP contribution in [0.15, 0.2) is 22.7 Å². The zero-order valence-electron chi connectivity index (χ0n) is 10.3. The molecule has 0 aliphatic rings. The van der Waals surface area contributed by atoms with E-state index in [2.05, 4.69) is 31.9 Å². The summed E-state index contributed by atoms with van der Waals surface area (Å²) in [4.78, 5) is 14.3.